The number of hydrogen-bond acceptors (Lipinski definition) is 6. The van der Waals surface area contributed by atoms with E-state index in [0.29, 0.717) is 38.7 Å². The fraction of sp³-hybridized carbons (Fsp3) is 0.220. The molecule has 1 aliphatic heterocycles. The lowest BCUT2D eigenvalue weighted by molar-refractivity contribution is -0.135. The van der Waals surface area contributed by atoms with Gasteiger partial charge in [0.25, 0.3) is 0 Å². The topological polar surface area (TPSA) is 101 Å². The molecule has 1 saturated heterocycles. The summed E-state index contributed by atoms with van der Waals surface area (Å²) >= 11 is 6.13. The third-order valence-electron chi connectivity index (χ3n) is 11.0. The minimum Gasteiger partial charge on any atom is -0.508 e. The van der Waals surface area contributed by atoms with Crippen molar-refractivity contribution in [1.82, 2.24) is 0 Å². The summed E-state index contributed by atoms with van der Waals surface area (Å²) in [6.45, 7) is 0. The number of Topliss-reactive ketones (excluding diaryl/α,β-unsaturated/α-hetero) is 1. The Bertz CT molecular complexity index is 2090. The van der Waals surface area contributed by atoms with Crippen LogP contribution in [0, 0.1) is 23.7 Å². The average molecular weight is 670 g/mol. The largest absolute Gasteiger partial charge is 0.508 e. The van der Waals surface area contributed by atoms with E-state index in [1.165, 1.54) is 24.2 Å². The number of imide groups is 1. The first-order valence-electron chi connectivity index (χ1n) is 16.4. The van der Waals surface area contributed by atoms with Crippen molar-refractivity contribution in [2.24, 2.45) is 23.7 Å². The first kappa shape index (κ1) is 31.0. The minimum atomic E-state index is -1.43. The molecule has 1 N–H and O–H groups in total. The van der Waals surface area contributed by atoms with Crippen LogP contribution in [-0.4, -0.2) is 35.6 Å². The summed E-state index contributed by atoms with van der Waals surface area (Å²) in [7, 11) is 1.50. The highest BCUT2D eigenvalue weighted by Gasteiger charge is 2.66. The number of anilines is 1. The lowest BCUT2D eigenvalue weighted by Crippen LogP contribution is -2.58. The number of carbonyl (C=O) groups is 4. The van der Waals surface area contributed by atoms with E-state index >= 15 is 4.79 Å². The quantitative estimate of drug-likeness (QED) is 0.180. The van der Waals surface area contributed by atoms with Gasteiger partial charge in [-0.15, -0.1) is 0 Å². The van der Waals surface area contributed by atoms with E-state index in [-0.39, 0.29) is 42.0 Å². The van der Waals surface area contributed by atoms with Crippen LogP contribution in [0.4, 0.5) is 5.69 Å². The molecule has 4 aliphatic rings. The number of benzene rings is 4. The monoisotopic (exact) mass is 669 g/mol. The molecule has 0 unspecified atom stereocenters. The smallest absolute Gasteiger partial charge is 0.238 e. The molecular formula is C41H32ClNO6. The van der Waals surface area contributed by atoms with Gasteiger partial charge in [-0.3, -0.25) is 24.1 Å². The predicted molar refractivity (Wildman–Crippen MR) is 185 cm³/mol. The molecule has 4 aromatic rings. The summed E-state index contributed by atoms with van der Waals surface area (Å²) in [5.74, 6) is -4.41. The van der Waals surface area contributed by atoms with Crippen LogP contribution in [0.2, 0.25) is 5.02 Å². The zero-order valence-electron chi connectivity index (χ0n) is 26.6. The Kier molecular flexibility index (Phi) is 7.41. The molecule has 0 radical (unpaired) electrons. The van der Waals surface area contributed by atoms with Crippen LogP contribution in [-0.2, 0) is 24.6 Å². The number of phenolic OH excluding ortho intramolecular Hbond substituents is 1. The van der Waals surface area contributed by atoms with E-state index in [9.17, 15) is 19.5 Å². The van der Waals surface area contributed by atoms with Gasteiger partial charge in [-0.25, -0.2) is 0 Å². The lowest BCUT2D eigenvalue weighted by atomic mass is 9.44. The molecule has 1 heterocycles. The highest BCUT2D eigenvalue weighted by Crippen LogP contribution is 2.64. The Balaban J connectivity index is 1.36. The number of hydrogen-bond donors (Lipinski definition) is 1. The molecule has 6 atom stereocenters. The van der Waals surface area contributed by atoms with Crippen LogP contribution in [0.3, 0.4) is 0 Å². The van der Waals surface area contributed by atoms with Crippen molar-refractivity contribution >= 4 is 46.2 Å². The summed E-state index contributed by atoms with van der Waals surface area (Å²) < 4.78 is 5.40. The highest BCUT2D eigenvalue weighted by atomic mass is 35.5. The second-order valence-electron chi connectivity index (χ2n) is 13.2. The number of halogens is 1. The van der Waals surface area contributed by atoms with Gasteiger partial charge in [-0.2, -0.15) is 0 Å². The fourth-order valence-electron chi connectivity index (χ4n) is 8.96. The van der Waals surface area contributed by atoms with Crippen LogP contribution in [0.25, 0.3) is 5.57 Å². The fourth-order valence-corrected chi connectivity index (χ4v) is 9.08. The zero-order chi connectivity index (χ0) is 34.0. The molecule has 2 fully saturated rings. The highest BCUT2D eigenvalue weighted by molar-refractivity contribution is 6.32. The molecule has 1 saturated carbocycles. The standard InChI is InChI=1S/C41H32ClNO6/c1-49-27-16-17-29(34(44)20-27)37-28-18-19-30-36(40(48)43(39(30)47)26-14-12-25(42)13-15-26)32(28)21-33-38(46)31(23-8-4-2-5-9-23)22-35(45)41(33,37)24-10-6-3-7-11-24/h2-18,20,22,30,32-33,36-37,44H,19,21H2,1H3/t30-,32+,33-,36-,37+,41-/m0/s1. The number of nitrogens with zero attached hydrogens (tertiary/aromatic N) is 1. The molecular weight excluding hydrogens is 638 g/mol. The Labute approximate surface area is 288 Å². The number of allylic oxidation sites excluding steroid dienone is 4. The van der Waals surface area contributed by atoms with Gasteiger partial charge in [-0.05, 0) is 66.3 Å². The van der Waals surface area contributed by atoms with Crippen LogP contribution >= 0.6 is 11.6 Å². The van der Waals surface area contributed by atoms with E-state index in [1.807, 2.05) is 66.7 Å². The second-order valence-corrected chi connectivity index (χ2v) is 13.6. The summed E-state index contributed by atoms with van der Waals surface area (Å²) in [6, 6.07) is 30.0. The molecule has 0 aromatic heterocycles. The molecule has 2 amide bonds. The van der Waals surface area contributed by atoms with Crippen LogP contribution < -0.4 is 9.64 Å². The zero-order valence-corrected chi connectivity index (χ0v) is 27.3. The van der Waals surface area contributed by atoms with Gasteiger partial charge in [0, 0.05) is 34.1 Å². The molecule has 0 bridgehead atoms. The lowest BCUT2D eigenvalue weighted by Gasteiger charge is -2.55. The van der Waals surface area contributed by atoms with Gasteiger partial charge in [0.2, 0.25) is 11.8 Å². The SMILES string of the molecule is COc1ccc([C@H]2C3=CC[C@@H]4C(=O)N(c5ccc(Cl)cc5)C(=O)[C@@H]4[C@@H]3C[C@H]3C(=O)C(c4ccccc4)=CC(=O)[C@@]23c2ccccc2)c(O)c1. The summed E-state index contributed by atoms with van der Waals surface area (Å²) in [6.07, 6.45) is 3.90. The van der Waals surface area contributed by atoms with Gasteiger partial charge in [0.15, 0.2) is 11.6 Å². The Hall–Kier alpha value is -5.27. The molecule has 49 heavy (non-hydrogen) atoms. The van der Waals surface area contributed by atoms with E-state index in [2.05, 4.69) is 0 Å². The number of aromatic hydroxyl groups is 1. The van der Waals surface area contributed by atoms with Crippen molar-refractivity contribution in [3.05, 3.63) is 143 Å². The molecule has 8 heteroatoms. The Morgan fingerprint density at radius 1 is 0.837 bits per heavy atom. The first-order valence-corrected chi connectivity index (χ1v) is 16.7. The number of methoxy groups -OCH3 is 1. The van der Waals surface area contributed by atoms with Gasteiger partial charge in [0.1, 0.15) is 11.5 Å². The van der Waals surface area contributed by atoms with Gasteiger partial charge in [0.05, 0.1) is 30.0 Å². The van der Waals surface area contributed by atoms with Crippen LogP contribution in [0.1, 0.15) is 35.4 Å². The summed E-state index contributed by atoms with van der Waals surface area (Å²) in [4.78, 5) is 59.7. The molecule has 4 aromatic carbocycles. The predicted octanol–water partition coefficient (Wildman–Crippen LogP) is 7.08. The van der Waals surface area contributed by atoms with Crippen molar-refractivity contribution in [1.29, 1.82) is 0 Å². The normalized spacial score (nSPS) is 27.6. The molecule has 7 nitrogen and oxygen atoms in total. The first-order chi connectivity index (χ1) is 23.7. The van der Waals surface area contributed by atoms with Crippen molar-refractivity contribution < 1.29 is 29.0 Å². The Morgan fingerprint density at radius 2 is 1.53 bits per heavy atom. The van der Waals surface area contributed by atoms with Crippen molar-refractivity contribution in [2.45, 2.75) is 24.2 Å². The van der Waals surface area contributed by atoms with Gasteiger partial charge >= 0.3 is 0 Å². The average Bonchev–Trinajstić information content (AvgIpc) is 3.39. The molecule has 0 spiro atoms. The summed E-state index contributed by atoms with van der Waals surface area (Å²) in [5.41, 5.74) is 1.84. The number of phenols is 1. The number of rotatable bonds is 5. The third-order valence-corrected chi connectivity index (χ3v) is 11.3. The Morgan fingerprint density at radius 3 is 2.20 bits per heavy atom. The van der Waals surface area contributed by atoms with E-state index in [0.717, 1.165) is 5.57 Å². The van der Waals surface area contributed by atoms with Crippen molar-refractivity contribution in [2.75, 3.05) is 12.0 Å². The van der Waals surface area contributed by atoms with E-state index < -0.39 is 35.0 Å². The molecule has 244 valence electrons. The molecule has 3 aliphatic carbocycles. The van der Waals surface area contributed by atoms with Crippen molar-refractivity contribution in [3.63, 3.8) is 0 Å². The molecule has 8 rings (SSSR count). The van der Waals surface area contributed by atoms with Crippen LogP contribution in [0.15, 0.2) is 121 Å². The van der Waals surface area contributed by atoms with Crippen molar-refractivity contribution in [3.8, 4) is 11.5 Å². The number of carbonyl (C=O) groups excluding carboxylic acids is 4. The van der Waals surface area contributed by atoms with E-state index in [4.69, 9.17) is 16.3 Å². The van der Waals surface area contributed by atoms with E-state index in [1.54, 1.807) is 36.4 Å². The third kappa shape index (κ3) is 4.56. The maximum Gasteiger partial charge on any atom is 0.238 e. The van der Waals surface area contributed by atoms with Gasteiger partial charge in [-0.1, -0.05) is 90.0 Å². The summed E-state index contributed by atoms with van der Waals surface area (Å²) in [5, 5.41) is 12.1. The second kappa shape index (κ2) is 11.7. The number of ether oxygens (including phenoxy) is 1. The van der Waals surface area contributed by atoms with Crippen LogP contribution in [0.5, 0.6) is 11.5 Å². The maximum atomic E-state index is 15.1. The number of fused-ring (bicyclic) bond motifs is 4. The number of amides is 2. The minimum absolute atomic E-state index is 0.0863. The van der Waals surface area contributed by atoms with Gasteiger partial charge < -0.3 is 9.84 Å². The maximum absolute atomic E-state index is 15.1. The number of ketones is 2.